The van der Waals surface area contributed by atoms with E-state index in [2.05, 4.69) is 303 Å². The minimum atomic E-state index is 0.833. The van der Waals surface area contributed by atoms with Crippen molar-refractivity contribution in [3.63, 3.8) is 0 Å². The Kier molecular flexibility index (Phi) is 9.27. The highest BCUT2D eigenvalue weighted by atomic mass is 15.1. The van der Waals surface area contributed by atoms with Crippen molar-refractivity contribution in [1.29, 1.82) is 0 Å². The summed E-state index contributed by atoms with van der Waals surface area (Å²) < 4.78 is 10.1. The minimum Gasteiger partial charge on any atom is -0.309 e. The first-order chi connectivity index (χ1) is 41.7. The standard InChI is InChI=1S/C79H47N5/c1-4-20-48(21-5-1)52-46-69(83-68-44-42-63-62-39-36-49-22-10-13-29-55(49)74(62)82(54-27-8-3-9-28-54)78(63)73(68)66-41-38-51-24-12-15-31-57(51)76(66)83)80-70(47-52)84-77-61-35-19-17-33-59(61)58-32-16-18-34-60(58)71(77)64-43-45-67-72(79(64)84)65-40-37-50-23-11-14-30-56(50)75(65)81(67)53-25-6-2-7-26-53/h1-47H. The summed E-state index contributed by atoms with van der Waals surface area (Å²) in [5.74, 6) is 1.67. The summed E-state index contributed by atoms with van der Waals surface area (Å²) in [4.78, 5) is 6.20. The van der Waals surface area contributed by atoms with Crippen LogP contribution >= 0.6 is 0 Å². The van der Waals surface area contributed by atoms with Crippen molar-refractivity contribution in [2.45, 2.75) is 0 Å². The summed E-state index contributed by atoms with van der Waals surface area (Å²) in [7, 11) is 0. The second-order valence-corrected chi connectivity index (χ2v) is 22.5. The predicted molar refractivity (Wildman–Crippen MR) is 355 cm³/mol. The Morgan fingerprint density at radius 2 is 0.560 bits per heavy atom. The third kappa shape index (κ3) is 6.14. The molecule has 388 valence electrons. The van der Waals surface area contributed by atoms with Gasteiger partial charge in [-0.2, -0.15) is 0 Å². The molecule has 0 atom stereocenters. The van der Waals surface area contributed by atoms with Crippen LogP contribution in [0.5, 0.6) is 0 Å². The number of aromatic nitrogens is 5. The first-order valence-electron chi connectivity index (χ1n) is 29.0. The minimum absolute atomic E-state index is 0.833. The van der Waals surface area contributed by atoms with Crippen LogP contribution in [-0.2, 0) is 0 Å². The fourth-order valence-corrected chi connectivity index (χ4v) is 14.8. The lowest BCUT2D eigenvalue weighted by molar-refractivity contribution is 1.02. The van der Waals surface area contributed by atoms with Crippen LogP contribution in [0.2, 0.25) is 0 Å². The van der Waals surface area contributed by atoms with Gasteiger partial charge >= 0.3 is 0 Å². The zero-order valence-electron chi connectivity index (χ0n) is 45.4. The predicted octanol–water partition coefficient (Wildman–Crippen LogP) is 20.9. The number of nitrogens with zero attached hydrogens (tertiary/aromatic N) is 5. The molecule has 0 aliphatic rings. The van der Waals surface area contributed by atoms with Gasteiger partial charge in [0.1, 0.15) is 11.6 Å². The van der Waals surface area contributed by atoms with Gasteiger partial charge in [-0.15, -0.1) is 0 Å². The average Bonchev–Trinajstić information content (AvgIpc) is 1.78. The average molecular weight is 1070 g/mol. The molecule has 0 unspecified atom stereocenters. The summed E-state index contributed by atoms with van der Waals surface area (Å²) in [6.07, 6.45) is 0. The molecule has 19 rings (SSSR count). The fraction of sp³-hybridized carbons (Fsp3) is 0. The van der Waals surface area contributed by atoms with Crippen LogP contribution in [0.1, 0.15) is 0 Å². The number of pyridine rings is 1. The molecule has 0 radical (unpaired) electrons. The molecule has 0 N–H and O–H groups in total. The molecule has 0 aliphatic heterocycles. The summed E-state index contributed by atoms with van der Waals surface area (Å²) in [5.41, 5.74) is 13.6. The Morgan fingerprint density at radius 3 is 1.15 bits per heavy atom. The maximum Gasteiger partial charge on any atom is 0.140 e. The Bertz CT molecular complexity index is 6020. The third-order valence-corrected chi connectivity index (χ3v) is 18.2. The number of para-hydroxylation sites is 2. The number of fused-ring (bicyclic) bond motifs is 25. The van der Waals surface area contributed by atoms with E-state index in [0.717, 1.165) is 67.1 Å². The zero-order chi connectivity index (χ0) is 54.7. The molecule has 0 spiro atoms. The van der Waals surface area contributed by atoms with E-state index >= 15 is 0 Å². The van der Waals surface area contributed by atoms with Crippen LogP contribution in [0.25, 0.3) is 175 Å². The van der Waals surface area contributed by atoms with E-state index in [1.54, 1.807) is 0 Å². The second-order valence-electron chi connectivity index (χ2n) is 22.5. The second kappa shape index (κ2) is 17.1. The van der Waals surface area contributed by atoms with Gasteiger partial charge in [0.05, 0.1) is 44.1 Å². The summed E-state index contributed by atoms with van der Waals surface area (Å²) in [6.45, 7) is 0. The molecule has 5 nitrogen and oxygen atoms in total. The summed E-state index contributed by atoms with van der Waals surface area (Å²) >= 11 is 0. The van der Waals surface area contributed by atoms with E-state index in [4.69, 9.17) is 4.98 Å². The normalized spacial score (nSPS) is 12.3. The molecule has 5 aromatic heterocycles. The van der Waals surface area contributed by atoms with Crippen LogP contribution in [0.4, 0.5) is 0 Å². The van der Waals surface area contributed by atoms with E-state index in [1.807, 2.05) is 0 Å². The number of hydrogen-bond acceptors (Lipinski definition) is 1. The number of hydrogen-bond donors (Lipinski definition) is 0. The molecule has 0 bridgehead atoms. The molecule has 84 heavy (non-hydrogen) atoms. The van der Waals surface area contributed by atoms with E-state index < -0.39 is 0 Å². The van der Waals surface area contributed by atoms with Gasteiger partial charge in [0.15, 0.2) is 0 Å². The van der Waals surface area contributed by atoms with Crippen LogP contribution < -0.4 is 0 Å². The fourth-order valence-electron chi connectivity index (χ4n) is 14.8. The maximum absolute atomic E-state index is 6.20. The van der Waals surface area contributed by atoms with Crippen molar-refractivity contribution < 1.29 is 0 Å². The van der Waals surface area contributed by atoms with Crippen LogP contribution in [0, 0.1) is 0 Å². The Hall–Kier alpha value is -11.3. The van der Waals surface area contributed by atoms with Gasteiger partial charge in [0, 0.05) is 76.0 Å². The molecule has 5 heterocycles. The Balaban J connectivity index is 1.03. The number of rotatable bonds is 5. The van der Waals surface area contributed by atoms with Crippen LogP contribution in [0.3, 0.4) is 0 Å². The molecular weight excluding hydrogens is 1020 g/mol. The zero-order valence-corrected chi connectivity index (χ0v) is 45.4. The van der Waals surface area contributed by atoms with E-state index in [1.165, 1.54) is 108 Å². The van der Waals surface area contributed by atoms with Gasteiger partial charge in [-0.05, 0) is 92.0 Å². The van der Waals surface area contributed by atoms with Crippen molar-refractivity contribution in [3.05, 3.63) is 285 Å². The monoisotopic (exact) mass is 1070 g/mol. The molecule has 5 heteroatoms. The topological polar surface area (TPSA) is 32.6 Å². The molecular formula is C79H47N5. The van der Waals surface area contributed by atoms with Crippen molar-refractivity contribution in [1.82, 2.24) is 23.3 Å². The van der Waals surface area contributed by atoms with Crippen molar-refractivity contribution in [2.24, 2.45) is 0 Å². The molecule has 14 aromatic carbocycles. The molecule has 19 aromatic rings. The van der Waals surface area contributed by atoms with E-state index in [-0.39, 0.29) is 0 Å². The van der Waals surface area contributed by atoms with E-state index in [9.17, 15) is 0 Å². The van der Waals surface area contributed by atoms with Crippen LogP contribution in [0.15, 0.2) is 285 Å². The van der Waals surface area contributed by atoms with Crippen molar-refractivity contribution >= 4 is 141 Å². The first-order valence-corrected chi connectivity index (χ1v) is 29.0. The highest BCUT2D eigenvalue weighted by Gasteiger charge is 2.28. The Morgan fingerprint density at radius 1 is 0.202 bits per heavy atom. The van der Waals surface area contributed by atoms with Crippen molar-refractivity contribution in [3.8, 4) is 34.1 Å². The SMILES string of the molecule is c1ccc(-c2cc(-n3c4ccc5c6ccc7ccccc7c6n(-c6ccccc6)c5c4c4ccc5ccccc5c43)nc(-n3c4c5ccccc5c5ccccc5c4c4ccc5c(c6ccc7ccccc7c6n5-c5ccccc5)c43)c2)cc1. The third-order valence-electron chi connectivity index (χ3n) is 18.2. The highest BCUT2D eigenvalue weighted by molar-refractivity contribution is 6.37. The van der Waals surface area contributed by atoms with Gasteiger partial charge in [-0.25, -0.2) is 4.98 Å². The van der Waals surface area contributed by atoms with Gasteiger partial charge in [-0.1, -0.05) is 237 Å². The summed E-state index contributed by atoms with van der Waals surface area (Å²) in [6, 6.07) is 105. The lowest BCUT2D eigenvalue weighted by Crippen LogP contribution is -2.05. The van der Waals surface area contributed by atoms with Gasteiger partial charge in [0.2, 0.25) is 0 Å². The van der Waals surface area contributed by atoms with Crippen LogP contribution in [-0.4, -0.2) is 23.3 Å². The molecule has 0 fully saturated rings. The highest BCUT2D eigenvalue weighted by Crippen LogP contribution is 2.50. The molecule has 0 saturated heterocycles. The molecule has 0 aliphatic carbocycles. The van der Waals surface area contributed by atoms with Gasteiger partial charge in [-0.3, -0.25) is 9.13 Å². The summed E-state index contributed by atoms with van der Waals surface area (Å²) in [5, 5.41) is 21.6. The first kappa shape index (κ1) is 45.5. The Labute approximate surface area is 480 Å². The quantitative estimate of drug-likeness (QED) is 0.158. The number of benzene rings is 14. The molecule has 0 amide bonds. The van der Waals surface area contributed by atoms with Gasteiger partial charge in [0.25, 0.3) is 0 Å². The van der Waals surface area contributed by atoms with Gasteiger partial charge < -0.3 is 9.13 Å². The lowest BCUT2D eigenvalue weighted by atomic mass is 9.96. The molecule has 0 saturated carbocycles. The van der Waals surface area contributed by atoms with Crippen molar-refractivity contribution in [2.75, 3.05) is 0 Å². The lowest BCUT2D eigenvalue weighted by Gasteiger charge is -2.16. The maximum atomic E-state index is 6.20. The largest absolute Gasteiger partial charge is 0.309 e. The van der Waals surface area contributed by atoms with E-state index in [0.29, 0.717) is 0 Å². The smallest absolute Gasteiger partial charge is 0.140 e.